The number of hydrogen-bond donors (Lipinski definition) is 2. The van der Waals surface area contributed by atoms with Crippen molar-refractivity contribution in [2.24, 2.45) is 0 Å². The molecule has 0 spiro atoms. The van der Waals surface area contributed by atoms with Gasteiger partial charge in [-0.05, 0) is 19.4 Å². The molecule has 0 aromatic heterocycles. The summed E-state index contributed by atoms with van der Waals surface area (Å²) < 4.78 is 0. The second-order valence-corrected chi connectivity index (χ2v) is 1.99. The van der Waals surface area contributed by atoms with Crippen LogP contribution in [-0.2, 0) is 4.79 Å². The zero-order valence-electron chi connectivity index (χ0n) is 5.13. The average Bonchev–Trinajstić information content (AvgIpc) is 2.12. The van der Waals surface area contributed by atoms with Crippen molar-refractivity contribution >= 4 is 14.4 Å². The first-order valence-corrected chi connectivity index (χ1v) is 2.77. The SMILES string of the molecule is O=C(O)[C@@H]1CCCN1.[B]. The van der Waals surface area contributed by atoms with Crippen LogP contribution in [0.15, 0.2) is 0 Å². The topological polar surface area (TPSA) is 49.3 Å². The van der Waals surface area contributed by atoms with Gasteiger partial charge in [-0.1, -0.05) is 0 Å². The Morgan fingerprint density at radius 3 is 2.56 bits per heavy atom. The van der Waals surface area contributed by atoms with Gasteiger partial charge in [-0.3, -0.25) is 4.79 Å². The minimum atomic E-state index is -0.720. The Bertz CT molecular complexity index is 101. The van der Waals surface area contributed by atoms with Crippen molar-refractivity contribution in [1.82, 2.24) is 5.32 Å². The Kier molecular flexibility index (Phi) is 3.31. The van der Waals surface area contributed by atoms with Crippen LogP contribution >= 0.6 is 0 Å². The fourth-order valence-electron chi connectivity index (χ4n) is 0.895. The molecule has 0 aliphatic carbocycles. The molecule has 1 saturated heterocycles. The van der Waals surface area contributed by atoms with Gasteiger partial charge in [-0.15, -0.1) is 0 Å². The Hall–Kier alpha value is -0.505. The summed E-state index contributed by atoms with van der Waals surface area (Å²) in [5.41, 5.74) is 0. The molecule has 3 radical (unpaired) electrons. The Labute approximate surface area is 56.0 Å². The van der Waals surface area contributed by atoms with Gasteiger partial charge in [0.15, 0.2) is 0 Å². The van der Waals surface area contributed by atoms with E-state index in [0.717, 1.165) is 19.4 Å². The summed E-state index contributed by atoms with van der Waals surface area (Å²) >= 11 is 0. The van der Waals surface area contributed by atoms with E-state index in [-0.39, 0.29) is 14.5 Å². The fraction of sp³-hybridized carbons (Fsp3) is 0.800. The predicted molar refractivity (Wildman–Crippen MR) is 34.4 cm³/mol. The van der Waals surface area contributed by atoms with Crippen molar-refractivity contribution in [3.63, 3.8) is 0 Å². The summed E-state index contributed by atoms with van der Waals surface area (Å²) in [7, 11) is 0. The van der Waals surface area contributed by atoms with Crippen LogP contribution in [0.25, 0.3) is 0 Å². The molecule has 0 aromatic carbocycles. The molecule has 0 aromatic rings. The summed E-state index contributed by atoms with van der Waals surface area (Å²) in [4.78, 5) is 10.1. The molecule has 3 nitrogen and oxygen atoms in total. The number of hydrogen-bond acceptors (Lipinski definition) is 2. The minimum absolute atomic E-state index is 0. The van der Waals surface area contributed by atoms with Crippen molar-refractivity contribution in [3.05, 3.63) is 0 Å². The van der Waals surface area contributed by atoms with Gasteiger partial charge in [-0.25, -0.2) is 0 Å². The van der Waals surface area contributed by atoms with E-state index < -0.39 is 5.97 Å². The Balaban J connectivity index is 0.000000640. The summed E-state index contributed by atoms with van der Waals surface area (Å²) in [6.07, 6.45) is 1.78. The van der Waals surface area contributed by atoms with Gasteiger partial charge < -0.3 is 10.4 Å². The second-order valence-electron chi connectivity index (χ2n) is 1.99. The summed E-state index contributed by atoms with van der Waals surface area (Å²) in [5, 5.41) is 11.2. The van der Waals surface area contributed by atoms with Gasteiger partial charge in [0, 0.05) is 8.41 Å². The zero-order valence-corrected chi connectivity index (χ0v) is 5.13. The zero-order chi connectivity index (χ0) is 5.98. The van der Waals surface area contributed by atoms with E-state index in [4.69, 9.17) is 5.11 Å². The van der Waals surface area contributed by atoms with Gasteiger partial charge in [-0.2, -0.15) is 0 Å². The third-order valence-electron chi connectivity index (χ3n) is 1.36. The molecule has 0 saturated carbocycles. The highest BCUT2D eigenvalue weighted by Crippen LogP contribution is 2.03. The maximum Gasteiger partial charge on any atom is 0.320 e. The van der Waals surface area contributed by atoms with Crippen LogP contribution in [0.3, 0.4) is 0 Å². The van der Waals surface area contributed by atoms with E-state index in [1.807, 2.05) is 0 Å². The van der Waals surface area contributed by atoms with Gasteiger partial charge in [0.05, 0.1) is 0 Å². The van der Waals surface area contributed by atoms with Gasteiger partial charge in [0.1, 0.15) is 6.04 Å². The number of carbonyl (C=O) groups is 1. The van der Waals surface area contributed by atoms with Crippen LogP contribution in [0.1, 0.15) is 12.8 Å². The lowest BCUT2D eigenvalue weighted by Gasteiger charge is -1.99. The third-order valence-corrected chi connectivity index (χ3v) is 1.36. The lowest BCUT2D eigenvalue weighted by atomic mass is 10.2. The maximum absolute atomic E-state index is 10.1. The number of carboxylic acid groups (broad SMARTS) is 1. The highest BCUT2D eigenvalue weighted by molar-refractivity contribution is 5.75. The van der Waals surface area contributed by atoms with Crippen LogP contribution in [0.4, 0.5) is 0 Å². The van der Waals surface area contributed by atoms with Crippen LogP contribution in [0.2, 0.25) is 0 Å². The summed E-state index contributed by atoms with van der Waals surface area (Å²) in [6, 6.07) is -0.269. The molecular formula is C5H9BNO2. The standard InChI is InChI=1S/C5H9NO2.B/c7-5(8)4-2-1-3-6-4;/h4,6H,1-3H2,(H,7,8);/t4-;/m0./s1. The first-order valence-electron chi connectivity index (χ1n) is 2.77. The van der Waals surface area contributed by atoms with Crippen LogP contribution in [0.5, 0.6) is 0 Å². The molecule has 0 amide bonds. The lowest BCUT2D eigenvalue weighted by molar-refractivity contribution is -0.139. The van der Waals surface area contributed by atoms with E-state index in [2.05, 4.69) is 5.32 Å². The highest BCUT2D eigenvalue weighted by atomic mass is 16.4. The summed E-state index contributed by atoms with van der Waals surface area (Å²) in [6.45, 7) is 0.858. The first-order chi connectivity index (χ1) is 3.80. The largest absolute Gasteiger partial charge is 0.480 e. The van der Waals surface area contributed by atoms with Gasteiger partial charge in [0.25, 0.3) is 0 Å². The quantitative estimate of drug-likeness (QED) is 0.463. The van der Waals surface area contributed by atoms with Crippen LogP contribution < -0.4 is 5.32 Å². The smallest absolute Gasteiger partial charge is 0.320 e. The average molecular weight is 126 g/mol. The van der Waals surface area contributed by atoms with Crippen molar-refractivity contribution in [3.8, 4) is 0 Å². The molecule has 0 unspecified atom stereocenters. The normalized spacial score (nSPS) is 25.1. The van der Waals surface area contributed by atoms with Crippen molar-refractivity contribution in [1.29, 1.82) is 0 Å². The molecule has 49 valence electrons. The van der Waals surface area contributed by atoms with E-state index in [0.29, 0.717) is 0 Å². The lowest BCUT2D eigenvalue weighted by Crippen LogP contribution is -2.29. The molecule has 1 fully saturated rings. The van der Waals surface area contributed by atoms with Gasteiger partial charge in [0.2, 0.25) is 0 Å². The molecule has 0 bridgehead atoms. The first kappa shape index (κ1) is 8.49. The molecule has 1 heterocycles. The minimum Gasteiger partial charge on any atom is -0.480 e. The predicted octanol–water partition coefficient (Wildman–Crippen LogP) is -0.558. The monoisotopic (exact) mass is 126 g/mol. The molecule has 9 heavy (non-hydrogen) atoms. The molecule has 1 rings (SSSR count). The van der Waals surface area contributed by atoms with E-state index in [9.17, 15) is 4.79 Å². The number of carboxylic acids is 1. The van der Waals surface area contributed by atoms with E-state index >= 15 is 0 Å². The Morgan fingerprint density at radius 1 is 1.67 bits per heavy atom. The maximum atomic E-state index is 10.1. The molecule has 1 aliphatic heterocycles. The number of aliphatic carboxylic acids is 1. The molecular weight excluding hydrogens is 117 g/mol. The fourth-order valence-corrected chi connectivity index (χ4v) is 0.895. The number of nitrogens with one attached hydrogen (secondary N) is 1. The number of rotatable bonds is 1. The summed E-state index contributed by atoms with van der Waals surface area (Å²) in [5.74, 6) is -0.720. The van der Waals surface area contributed by atoms with Crippen molar-refractivity contribution < 1.29 is 9.90 Å². The molecule has 1 atom stereocenters. The second kappa shape index (κ2) is 3.51. The third kappa shape index (κ3) is 2.05. The van der Waals surface area contributed by atoms with E-state index in [1.165, 1.54) is 0 Å². The highest BCUT2D eigenvalue weighted by Gasteiger charge is 2.20. The molecule has 1 aliphatic rings. The van der Waals surface area contributed by atoms with Crippen molar-refractivity contribution in [2.75, 3.05) is 6.54 Å². The molecule has 2 N–H and O–H groups in total. The Morgan fingerprint density at radius 2 is 2.33 bits per heavy atom. The van der Waals surface area contributed by atoms with Crippen LogP contribution in [-0.4, -0.2) is 32.1 Å². The molecule has 4 heteroatoms. The van der Waals surface area contributed by atoms with E-state index in [1.54, 1.807) is 0 Å². The van der Waals surface area contributed by atoms with Crippen LogP contribution in [0, 0.1) is 0 Å². The van der Waals surface area contributed by atoms with Crippen molar-refractivity contribution in [2.45, 2.75) is 18.9 Å². The van der Waals surface area contributed by atoms with Gasteiger partial charge >= 0.3 is 5.97 Å².